The standard InChI is InChI=1S/C9H10FNO3S/c1-11-8-3-2-6(10)4-7(8)9(12)5-15(11,13)14/h2-4,9,12H,5H2,1H3. The minimum atomic E-state index is -3.48. The molecule has 0 fully saturated rings. The van der Waals surface area contributed by atoms with E-state index in [1.165, 1.54) is 19.2 Å². The van der Waals surface area contributed by atoms with Crippen LogP contribution in [0.5, 0.6) is 0 Å². The molecule has 1 heterocycles. The number of nitrogens with zero attached hydrogens (tertiary/aromatic N) is 1. The summed E-state index contributed by atoms with van der Waals surface area (Å²) < 4.78 is 37.0. The lowest BCUT2D eigenvalue weighted by Crippen LogP contribution is -2.36. The summed E-state index contributed by atoms with van der Waals surface area (Å²) in [6.07, 6.45) is -1.16. The molecule has 0 spiro atoms. The molecular formula is C9H10FNO3S. The molecule has 82 valence electrons. The van der Waals surface area contributed by atoms with Crippen molar-refractivity contribution < 1.29 is 17.9 Å². The van der Waals surface area contributed by atoms with E-state index in [0.29, 0.717) is 11.3 Å². The number of fused-ring (bicyclic) bond motifs is 1. The Balaban J connectivity index is 2.64. The summed E-state index contributed by atoms with van der Waals surface area (Å²) in [6, 6.07) is 3.68. The molecule has 4 nitrogen and oxygen atoms in total. The number of aliphatic hydroxyl groups excluding tert-OH is 1. The summed E-state index contributed by atoms with van der Waals surface area (Å²) in [4.78, 5) is 0. The van der Waals surface area contributed by atoms with Gasteiger partial charge in [-0.15, -0.1) is 0 Å². The summed E-state index contributed by atoms with van der Waals surface area (Å²) in [5.41, 5.74) is 0.641. The summed E-state index contributed by atoms with van der Waals surface area (Å²) in [6.45, 7) is 0. The summed E-state index contributed by atoms with van der Waals surface area (Å²) >= 11 is 0. The molecule has 0 aromatic heterocycles. The van der Waals surface area contributed by atoms with Gasteiger partial charge in [-0.05, 0) is 18.2 Å². The SMILES string of the molecule is CN1c2ccc(F)cc2C(O)CS1(=O)=O. The van der Waals surface area contributed by atoms with Gasteiger partial charge in [-0.1, -0.05) is 0 Å². The molecule has 15 heavy (non-hydrogen) atoms. The van der Waals surface area contributed by atoms with Crippen molar-refractivity contribution in [2.45, 2.75) is 6.10 Å². The third-order valence-corrected chi connectivity index (χ3v) is 4.24. The van der Waals surface area contributed by atoms with Gasteiger partial charge in [-0.25, -0.2) is 12.8 Å². The van der Waals surface area contributed by atoms with Crippen molar-refractivity contribution in [3.8, 4) is 0 Å². The van der Waals surface area contributed by atoms with Crippen molar-refractivity contribution in [3.05, 3.63) is 29.6 Å². The summed E-state index contributed by atoms with van der Waals surface area (Å²) in [5, 5.41) is 9.57. The number of hydrogen-bond donors (Lipinski definition) is 1. The lowest BCUT2D eigenvalue weighted by atomic mass is 10.1. The first-order chi connectivity index (χ1) is 6.92. The van der Waals surface area contributed by atoms with E-state index in [9.17, 15) is 17.9 Å². The Labute approximate surface area is 87.0 Å². The Morgan fingerprint density at radius 1 is 1.53 bits per heavy atom. The zero-order valence-corrected chi connectivity index (χ0v) is 8.83. The van der Waals surface area contributed by atoms with Crippen LogP contribution in [0.2, 0.25) is 0 Å². The quantitative estimate of drug-likeness (QED) is 0.712. The maximum absolute atomic E-state index is 12.9. The predicted molar refractivity (Wildman–Crippen MR) is 53.5 cm³/mol. The van der Waals surface area contributed by atoms with E-state index in [-0.39, 0.29) is 0 Å². The molecule has 0 aliphatic carbocycles. The van der Waals surface area contributed by atoms with Gasteiger partial charge in [-0.2, -0.15) is 0 Å². The molecule has 0 bridgehead atoms. The van der Waals surface area contributed by atoms with Crippen LogP contribution in [-0.4, -0.2) is 26.3 Å². The third-order valence-electron chi connectivity index (χ3n) is 2.47. The fraction of sp³-hybridized carbons (Fsp3) is 0.333. The second kappa shape index (κ2) is 3.18. The molecule has 0 saturated heterocycles. The summed E-state index contributed by atoms with van der Waals surface area (Å²) in [7, 11) is -2.09. The average Bonchev–Trinajstić information content (AvgIpc) is 2.14. The topological polar surface area (TPSA) is 57.6 Å². The molecular weight excluding hydrogens is 221 g/mol. The highest BCUT2D eigenvalue weighted by atomic mass is 32.2. The van der Waals surface area contributed by atoms with Crippen LogP contribution in [0.4, 0.5) is 10.1 Å². The highest BCUT2D eigenvalue weighted by Crippen LogP contribution is 2.34. The fourth-order valence-corrected chi connectivity index (χ4v) is 2.90. The molecule has 1 aromatic rings. The monoisotopic (exact) mass is 231 g/mol. The first-order valence-corrected chi connectivity index (χ1v) is 5.97. The second-order valence-corrected chi connectivity index (χ2v) is 5.51. The van der Waals surface area contributed by atoms with Crippen LogP contribution in [0, 0.1) is 5.82 Å². The van der Waals surface area contributed by atoms with E-state index in [2.05, 4.69) is 0 Å². The molecule has 1 N–H and O–H groups in total. The Morgan fingerprint density at radius 3 is 2.87 bits per heavy atom. The Bertz CT molecular complexity index is 500. The molecule has 0 radical (unpaired) electrons. The van der Waals surface area contributed by atoms with E-state index >= 15 is 0 Å². The van der Waals surface area contributed by atoms with Crippen molar-refractivity contribution in [1.29, 1.82) is 0 Å². The van der Waals surface area contributed by atoms with Crippen molar-refractivity contribution in [3.63, 3.8) is 0 Å². The molecule has 2 rings (SSSR count). The van der Waals surface area contributed by atoms with Gasteiger partial charge in [0.2, 0.25) is 10.0 Å². The van der Waals surface area contributed by atoms with Gasteiger partial charge in [0.25, 0.3) is 0 Å². The highest BCUT2D eigenvalue weighted by Gasteiger charge is 2.32. The molecule has 1 aliphatic heterocycles. The number of rotatable bonds is 0. The van der Waals surface area contributed by atoms with Gasteiger partial charge in [0, 0.05) is 12.6 Å². The first kappa shape index (κ1) is 10.4. The van der Waals surface area contributed by atoms with E-state index in [1.807, 2.05) is 0 Å². The predicted octanol–water partition coefficient (Wildman–Crippen LogP) is 0.639. The van der Waals surface area contributed by atoms with Gasteiger partial charge < -0.3 is 5.11 Å². The van der Waals surface area contributed by atoms with E-state index in [1.54, 1.807) is 0 Å². The fourth-order valence-electron chi connectivity index (χ4n) is 1.63. The second-order valence-electron chi connectivity index (χ2n) is 3.46. The van der Waals surface area contributed by atoms with Gasteiger partial charge in [0.05, 0.1) is 17.5 Å². The Kier molecular flexibility index (Phi) is 2.20. The van der Waals surface area contributed by atoms with Crippen molar-refractivity contribution in [2.75, 3.05) is 17.1 Å². The van der Waals surface area contributed by atoms with Gasteiger partial charge >= 0.3 is 0 Å². The minimum Gasteiger partial charge on any atom is -0.387 e. The highest BCUT2D eigenvalue weighted by molar-refractivity contribution is 7.92. The van der Waals surface area contributed by atoms with Crippen LogP contribution in [0.15, 0.2) is 18.2 Å². The number of hydrogen-bond acceptors (Lipinski definition) is 3. The Morgan fingerprint density at radius 2 is 2.20 bits per heavy atom. The van der Waals surface area contributed by atoms with Crippen LogP contribution in [0.25, 0.3) is 0 Å². The van der Waals surface area contributed by atoms with Gasteiger partial charge in [0.1, 0.15) is 5.82 Å². The van der Waals surface area contributed by atoms with Crippen molar-refractivity contribution in [1.82, 2.24) is 0 Å². The molecule has 0 amide bonds. The molecule has 0 saturated carbocycles. The number of anilines is 1. The van der Waals surface area contributed by atoms with Crippen LogP contribution in [-0.2, 0) is 10.0 Å². The van der Waals surface area contributed by atoms with Crippen LogP contribution in [0.3, 0.4) is 0 Å². The smallest absolute Gasteiger partial charge is 0.237 e. The normalized spacial score (nSPS) is 23.7. The maximum Gasteiger partial charge on any atom is 0.237 e. The number of benzene rings is 1. The zero-order chi connectivity index (χ0) is 11.2. The lowest BCUT2D eigenvalue weighted by Gasteiger charge is -2.30. The van der Waals surface area contributed by atoms with E-state index < -0.39 is 27.7 Å². The van der Waals surface area contributed by atoms with E-state index in [4.69, 9.17) is 0 Å². The minimum absolute atomic E-state index is 0.312. The van der Waals surface area contributed by atoms with Crippen LogP contribution >= 0.6 is 0 Å². The molecule has 1 aromatic carbocycles. The third kappa shape index (κ3) is 1.59. The molecule has 1 unspecified atom stereocenters. The average molecular weight is 231 g/mol. The largest absolute Gasteiger partial charge is 0.387 e. The molecule has 6 heteroatoms. The number of sulfonamides is 1. The Hall–Kier alpha value is -1.14. The van der Waals surface area contributed by atoms with E-state index in [0.717, 1.165) is 10.4 Å². The van der Waals surface area contributed by atoms with Crippen molar-refractivity contribution in [2.24, 2.45) is 0 Å². The number of halogens is 1. The first-order valence-electron chi connectivity index (χ1n) is 4.36. The number of aliphatic hydroxyl groups is 1. The van der Waals surface area contributed by atoms with Gasteiger partial charge in [0.15, 0.2) is 0 Å². The maximum atomic E-state index is 12.9. The molecule has 1 aliphatic rings. The van der Waals surface area contributed by atoms with Crippen molar-refractivity contribution >= 4 is 15.7 Å². The van der Waals surface area contributed by atoms with Crippen LogP contribution < -0.4 is 4.31 Å². The summed E-state index contributed by atoms with van der Waals surface area (Å²) in [5.74, 6) is -0.888. The lowest BCUT2D eigenvalue weighted by molar-refractivity contribution is 0.200. The molecule has 1 atom stereocenters. The zero-order valence-electron chi connectivity index (χ0n) is 8.01. The van der Waals surface area contributed by atoms with Crippen LogP contribution in [0.1, 0.15) is 11.7 Å². The van der Waals surface area contributed by atoms with Gasteiger partial charge in [-0.3, -0.25) is 4.31 Å².